The number of carboxylic acids is 1. The van der Waals surface area contributed by atoms with Crippen LogP contribution in [0.3, 0.4) is 0 Å². The van der Waals surface area contributed by atoms with Gasteiger partial charge in [-0.05, 0) is 27.6 Å². The van der Waals surface area contributed by atoms with Gasteiger partial charge in [0.15, 0.2) is 0 Å². The normalized spacial score (nSPS) is 12.1. The molecule has 0 aromatic heterocycles. The van der Waals surface area contributed by atoms with Gasteiger partial charge in [-0.3, -0.25) is 14.9 Å². The number of carboxylic acid groups (broad SMARTS) is 1. The summed E-state index contributed by atoms with van der Waals surface area (Å²) in [5, 5.41) is 28.6. The van der Waals surface area contributed by atoms with Crippen LogP contribution in [-0.2, 0) is 4.79 Å². The van der Waals surface area contributed by atoms with Gasteiger partial charge >= 0.3 is 11.7 Å². The highest BCUT2D eigenvalue weighted by Gasteiger charge is 2.21. The van der Waals surface area contributed by atoms with Crippen molar-refractivity contribution in [3.63, 3.8) is 0 Å². The maximum absolute atomic E-state index is 10.6. The Balaban J connectivity index is 3.18. The van der Waals surface area contributed by atoms with Gasteiger partial charge in [0.25, 0.3) is 0 Å². The number of halogens is 1. The summed E-state index contributed by atoms with van der Waals surface area (Å²) in [6.07, 6.45) is -0.353. The van der Waals surface area contributed by atoms with E-state index in [1.807, 2.05) is 0 Å². The number of nitro benzene ring substituents is 1. The van der Waals surface area contributed by atoms with Crippen LogP contribution in [0, 0.1) is 10.1 Å². The van der Waals surface area contributed by atoms with Crippen LogP contribution in [0.1, 0.15) is 18.0 Å². The van der Waals surface area contributed by atoms with Gasteiger partial charge in [0.2, 0.25) is 5.75 Å². The highest BCUT2D eigenvalue weighted by Crippen LogP contribution is 2.36. The molecule has 7 nitrogen and oxygen atoms in total. The zero-order valence-electron chi connectivity index (χ0n) is 8.46. The Morgan fingerprint density at radius 1 is 1.59 bits per heavy atom. The molecule has 92 valence electrons. The van der Waals surface area contributed by atoms with Crippen LogP contribution in [0.2, 0.25) is 0 Å². The fourth-order valence-corrected chi connectivity index (χ4v) is 1.73. The second kappa shape index (κ2) is 5.11. The number of nitro groups is 1. The van der Waals surface area contributed by atoms with Crippen LogP contribution in [0.4, 0.5) is 5.69 Å². The van der Waals surface area contributed by atoms with Crippen molar-refractivity contribution >= 4 is 27.6 Å². The first-order valence-electron chi connectivity index (χ1n) is 4.47. The summed E-state index contributed by atoms with van der Waals surface area (Å²) in [6, 6.07) is 1.55. The van der Waals surface area contributed by atoms with Crippen LogP contribution in [-0.4, -0.2) is 21.1 Å². The molecule has 0 amide bonds. The van der Waals surface area contributed by atoms with E-state index in [2.05, 4.69) is 15.9 Å². The van der Waals surface area contributed by atoms with Gasteiger partial charge in [-0.2, -0.15) is 0 Å². The number of hydrogen-bond donors (Lipinski definition) is 3. The van der Waals surface area contributed by atoms with E-state index in [0.717, 1.165) is 6.07 Å². The lowest BCUT2D eigenvalue weighted by Gasteiger charge is -2.10. The highest BCUT2D eigenvalue weighted by molar-refractivity contribution is 9.10. The third-order valence-corrected chi connectivity index (χ3v) is 2.69. The van der Waals surface area contributed by atoms with Gasteiger partial charge in [0, 0.05) is 12.1 Å². The fourth-order valence-electron chi connectivity index (χ4n) is 1.26. The predicted octanol–water partition coefficient (Wildman–Crippen LogP) is 1.54. The molecule has 0 heterocycles. The average molecular weight is 305 g/mol. The molecule has 0 bridgehead atoms. The molecule has 17 heavy (non-hydrogen) atoms. The van der Waals surface area contributed by atoms with E-state index in [1.54, 1.807) is 0 Å². The third-order valence-electron chi connectivity index (χ3n) is 2.08. The summed E-state index contributed by atoms with van der Waals surface area (Å²) in [7, 11) is 0. The molecule has 1 unspecified atom stereocenters. The molecule has 1 aromatic rings. The molecule has 0 saturated carbocycles. The zero-order valence-corrected chi connectivity index (χ0v) is 10.0. The number of nitrogens with two attached hydrogens (primary N) is 1. The van der Waals surface area contributed by atoms with Crippen LogP contribution in [0.15, 0.2) is 16.6 Å². The quantitative estimate of drug-likeness (QED) is 0.572. The van der Waals surface area contributed by atoms with E-state index in [0.29, 0.717) is 0 Å². The maximum Gasteiger partial charge on any atom is 0.312 e. The lowest BCUT2D eigenvalue weighted by atomic mass is 10.0. The number of aliphatic carboxylic acids is 1. The first-order valence-corrected chi connectivity index (χ1v) is 5.26. The second-order valence-electron chi connectivity index (χ2n) is 3.33. The SMILES string of the molecule is NC(CC(=O)O)c1cc(Br)c(O)c([N+](=O)[O-])c1. The first-order chi connectivity index (χ1) is 7.82. The molecule has 1 atom stereocenters. The number of aromatic hydroxyl groups is 1. The first kappa shape index (κ1) is 13.4. The van der Waals surface area contributed by atoms with Gasteiger partial charge in [0.1, 0.15) is 0 Å². The minimum Gasteiger partial charge on any atom is -0.501 e. The Hall–Kier alpha value is -1.67. The molecule has 0 saturated heterocycles. The van der Waals surface area contributed by atoms with Crippen LogP contribution >= 0.6 is 15.9 Å². The van der Waals surface area contributed by atoms with E-state index >= 15 is 0 Å². The summed E-state index contributed by atoms with van der Waals surface area (Å²) < 4.78 is 0.0996. The molecule has 0 fully saturated rings. The monoisotopic (exact) mass is 304 g/mol. The standard InChI is InChI=1S/C9H9BrN2O5/c10-5-1-4(6(11)3-8(13)14)2-7(9(5)15)12(16)17/h1-2,6,15H,3,11H2,(H,13,14). The van der Waals surface area contributed by atoms with Crippen molar-refractivity contribution in [3.8, 4) is 5.75 Å². The predicted molar refractivity (Wildman–Crippen MR) is 61.6 cm³/mol. The molecular weight excluding hydrogens is 296 g/mol. The highest BCUT2D eigenvalue weighted by atomic mass is 79.9. The average Bonchev–Trinajstić information content (AvgIpc) is 2.20. The van der Waals surface area contributed by atoms with E-state index < -0.39 is 28.4 Å². The van der Waals surface area contributed by atoms with Crippen molar-refractivity contribution in [1.29, 1.82) is 0 Å². The summed E-state index contributed by atoms with van der Waals surface area (Å²) in [6.45, 7) is 0. The van der Waals surface area contributed by atoms with E-state index in [9.17, 15) is 20.0 Å². The Bertz CT molecular complexity index is 477. The number of phenols is 1. The summed E-state index contributed by atoms with van der Waals surface area (Å²) in [5.41, 5.74) is 5.33. The van der Waals surface area contributed by atoms with Crippen LogP contribution < -0.4 is 5.73 Å². The lowest BCUT2D eigenvalue weighted by molar-refractivity contribution is -0.386. The van der Waals surface area contributed by atoms with Gasteiger partial charge in [0.05, 0.1) is 15.8 Å². The molecule has 1 aromatic carbocycles. The van der Waals surface area contributed by atoms with Gasteiger partial charge in [-0.25, -0.2) is 0 Å². The van der Waals surface area contributed by atoms with Gasteiger partial charge in [-0.1, -0.05) is 0 Å². The number of benzene rings is 1. The maximum atomic E-state index is 10.6. The summed E-state index contributed by atoms with van der Waals surface area (Å²) in [4.78, 5) is 20.4. The van der Waals surface area contributed by atoms with Gasteiger partial charge in [-0.15, -0.1) is 0 Å². The topological polar surface area (TPSA) is 127 Å². The van der Waals surface area contributed by atoms with Crippen molar-refractivity contribution < 1.29 is 19.9 Å². The van der Waals surface area contributed by atoms with E-state index in [1.165, 1.54) is 6.07 Å². The molecule has 0 aliphatic rings. The van der Waals surface area contributed by atoms with E-state index in [-0.39, 0.29) is 16.5 Å². The minimum atomic E-state index is -1.11. The number of hydrogen-bond acceptors (Lipinski definition) is 5. The lowest BCUT2D eigenvalue weighted by Crippen LogP contribution is -2.15. The van der Waals surface area contributed by atoms with Crippen LogP contribution in [0.25, 0.3) is 0 Å². The Morgan fingerprint density at radius 2 is 2.18 bits per heavy atom. The van der Waals surface area contributed by atoms with Crippen molar-refractivity contribution in [2.75, 3.05) is 0 Å². The molecule has 4 N–H and O–H groups in total. The zero-order chi connectivity index (χ0) is 13.2. The number of phenolic OH excluding ortho intramolecular Hbond substituents is 1. The Morgan fingerprint density at radius 3 is 2.65 bits per heavy atom. The third kappa shape index (κ3) is 3.14. The second-order valence-corrected chi connectivity index (χ2v) is 4.19. The Labute approximate surface area is 104 Å². The molecule has 0 aliphatic carbocycles. The smallest absolute Gasteiger partial charge is 0.312 e. The molecule has 1 rings (SSSR count). The molecule has 8 heteroatoms. The van der Waals surface area contributed by atoms with Crippen molar-refractivity contribution in [2.24, 2.45) is 5.73 Å². The molecule has 0 aliphatic heterocycles. The van der Waals surface area contributed by atoms with Gasteiger partial charge < -0.3 is 15.9 Å². The summed E-state index contributed by atoms with van der Waals surface area (Å²) in [5.74, 6) is -1.62. The number of rotatable bonds is 4. The minimum absolute atomic E-state index is 0.0996. The Kier molecular flexibility index (Phi) is 4.02. The summed E-state index contributed by atoms with van der Waals surface area (Å²) >= 11 is 2.94. The number of carbonyl (C=O) groups is 1. The van der Waals surface area contributed by atoms with Crippen molar-refractivity contribution in [2.45, 2.75) is 12.5 Å². The molecular formula is C9H9BrN2O5. The van der Waals surface area contributed by atoms with Crippen LogP contribution in [0.5, 0.6) is 5.75 Å². The largest absolute Gasteiger partial charge is 0.501 e. The molecule has 0 spiro atoms. The molecule has 0 radical (unpaired) electrons. The number of nitrogens with zero attached hydrogens (tertiary/aromatic N) is 1. The van der Waals surface area contributed by atoms with Crippen molar-refractivity contribution in [3.05, 3.63) is 32.3 Å². The fraction of sp³-hybridized carbons (Fsp3) is 0.222. The van der Waals surface area contributed by atoms with Crippen molar-refractivity contribution in [1.82, 2.24) is 0 Å². The van der Waals surface area contributed by atoms with E-state index in [4.69, 9.17) is 10.8 Å².